The fourth-order valence-electron chi connectivity index (χ4n) is 2.55. The highest BCUT2D eigenvalue weighted by Crippen LogP contribution is 2.48. The Balaban J connectivity index is 1.62. The first-order chi connectivity index (χ1) is 10.1. The van der Waals surface area contributed by atoms with E-state index in [0.29, 0.717) is 0 Å². The number of benzene rings is 1. The third-order valence-electron chi connectivity index (χ3n) is 4.22. The van der Waals surface area contributed by atoms with Gasteiger partial charge in [-0.3, -0.25) is 4.79 Å². The number of rotatable bonds is 5. The first-order valence-electron chi connectivity index (χ1n) is 7.19. The Hall–Kier alpha value is -1.81. The van der Waals surface area contributed by atoms with Crippen LogP contribution in [-0.2, 0) is 5.41 Å². The number of nitrogens with zero attached hydrogens (tertiary/aromatic N) is 1. The predicted molar refractivity (Wildman–Crippen MR) is 88.3 cm³/mol. The van der Waals surface area contributed by atoms with Gasteiger partial charge in [0.25, 0.3) is 5.91 Å². The number of carbonyl (C=O) groups is 1. The molecule has 4 heteroatoms. The molecule has 0 aliphatic heterocycles. The molecule has 0 atom stereocenters. The second-order valence-electron chi connectivity index (χ2n) is 5.92. The number of carbonyl (C=O) groups excluding carboxylic acids is 1. The summed E-state index contributed by atoms with van der Waals surface area (Å²) in [4.78, 5) is 14.3. The zero-order valence-corrected chi connectivity index (χ0v) is 13.2. The first kappa shape index (κ1) is 14.1. The molecule has 0 bridgehead atoms. The number of nitrogens with one attached hydrogen (secondary N) is 1. The van der Waals surface area contributed by atoms with Crippen LogP contribution in [0.15, 0.2) is 41.1 Å². The normalized spacial score (nSPS) is 15.5. The van der Waals surface area contributed by atoms with Gasteiger partial charge in [0.15, 0.2) is 0 Å². The van der Waals surface area contributed by atoms with Crippen LogP contribution < -0.4 is 10.2 Å². The molecule has 1 aliphatic rings. The van der Waals surface area contributed by atoms with Crippen LogP contribution in [0.25, 0.3) is 0 Å². The SMILES string of the molecule is CN(C)c1ccc(C(=O)NCC2(c3ccsc3)CC2)cc1. The van der Waals surface area contributed by atoms with Gasteiger partial charge in [-0.1, -0.05) is 0 Å². The summed E-state index contributed by atoms with van der Waals surface area (Å²) in [5, 5.41) is 7.40. The van der Waals surface area contributed by atoms with Gasteiger partial charge < -0.3 is 10.2 Å². The molecule has 0 radical (unpaired) electrons. The van der Waals surface area contributed by atoms with E-state index in [2.05, 4.69) is 22.1 Å². The molecule has 0 unspecified atom stereocenters. The topological polar surface area (TPSA) is 32.3 Å². The zero-order valence-electron chi connectivity index (χ0n) is 12.4. The monoisotopic (exact) mass is 300 g/mol. The largest absolute Gasteiger partial charge is 0.378 e. The zero-order chi connectivity index (χ0) is 14.9. The van der Waals surface area contributed by atoms with E-state index in [1.165, 1.54) is 18.4 Å². The minimum absolute atomic E-state index is 0.0156. The van der Waals surface area contributed by atoms with Crippen molar-refractivity contribution in [2.75, 3.05) is 25.5 Å². The molecule has 3 rings (SSSR count). The quantitative estimate of drug-likeness (QED) is 0.919. The van der Waals surface area contributed by atoms with E-state index in [1.54, 1.807) is 11.3 Å². The summed E-state index contributed by atoms with van der Waals surface area (Å²) in [6, 6.07) is 9.89. The Morgan fingerprint density at radius 2 is 1.95 bits per heavy atom. The number of anilines is 1. The van der Waals surface area contributed by atoms with Crippen molar-refractivity contribution in [1.29, 1.82) is 0 Å². The molecule has 1 heterocycles. The van der Waals surface area contributed by atoms with Gasteiger partial charge in [0.1, 0.15) is 0 Å². The molecular weight excluding hydrogens is 280 g/mol. The van der Waals surface area contributed by atoms with Crippen LogP contribution in [0.2, 0.25) is 0 Å². The van der Waals surface area contributed by atoms with Crippen molar-refractivity contribution in [3.8, 4) is 0 Å². The second-order valence-corrected chi connectivity index (χ2v) is 6.70. The van der Waals surface area contributed by atoms with Gasteiger partial charge in [-0.05, 0) is 59.5 Å². The lowest BCUT2D eigenvalue weighted by molar-refractivity contribution is 0.0949. The summed E-state index contributed by atoms with van der Waals surface area (Å²) in [6.07, 6.45) is 2.34. The number of hydrogen-bond donors (Lipinski definition) is 1. The molecule has 2 aromatic rings. The fraction of sp³-hybridized carbons (Fsp3) is 0.353. The van der Waals surface area contributed by atoms with Gasteiger partial charge in [-0.2, -0.15) is 11.3 Å². The van der Waals surface area contributed by atoms with Gasteiger partial charge in [0.2, 0.25) is 0 Å². The molecule has 1 aromatic carbocycles. The van der Waals surface area contributed by atoms with Crippen molar-refractivity contribution in [2.24, 2.45) is 0 Å². The minimum atomic E-state index is 0.0156. The van der Waals surface area contributed by atoms with Crippen molar-refractivity contribution >= 4 is 22.9 Å². The highest BCUT2D eigenvalue weighted by atomic mass is 32.1. The third-order valence-corrected chi connectivity index (χ3v) is 4.90. The summed E-state index contributed by atoms with van der Waals surface area (Å²) in [6.45, 7) is 0.734. The number of amides is 1. The predicted octanol–water partition coefficient (Wildman–Crippen LogP) is 3.28. The van der Waals surface area contributed by atoms with Crippen LogP contribution in [0.1, 0.15) is 28.8 Å². The molecular formula is C17H20N2OS. The first-order valence-corrected chi connectivity index (χ1v) is 8.13. The molecule has 1 fully saturated rings. The molecule has 21 heavy (non-hydrogen) atoms. The third kappa shape index (κ3) is 2.95. The molecule has 1 aromatic heterocycles. The maximum absolute atomic E-state index is 12.2. The van der Waals surface area contributed by atoms with E-state index in [9.17, 15) is 4.79 Å². The Labute approximate surface area is 129 Å². The minimum Gasteiger partial charge on any atom is -0.378 e. The molecule has 1 amide bonds. The number of thiophene rings is 1. The van der Waals surface area contributed by atoms with Crippen molar-refractivity contribution in [3.05, 3.63) is 52.2 Å². The summed E-state index contributed by atoms with van der Waals surface area (Å²) in [7, 11) is 3.99. The highest BCUT2D eigenvalue weighted by Gasteiger charge is 2.44. The molecule has 110 valence electrons. The van der Waals surface area contributed by atoms with E-state index in [-0.39, 0.29) is 11.3 Å². The lowest BCUT2D eigenvalue weighted by Gasteiger charge is -2.16. The fourth-order valence-corrected chi connectivity index (χ4v) is 3.33. The molecule has 0 saturated heterocycles. The Morgan fingerprint density at radius 3 is 2.48 bits per heavy atom. The highest BCUT2D eigenvalue weighted by molar-refractivity contribution is 7.08. The van der Waals surface area contributed by atoms with Crippen molar-refractivity contribution in [1.82, 2.24) is 5.32 Å². The van der Waals surface area contributed by atoms with Gasteiger partial charge in [-0.25, -0.2) is 0 Å². The summed E-state index contributed by atoms with van der Waals surface area (Å²) < 4.78 is 0. The van der Waals surface area contributed by atoms with E-state index in [0.717, 1.165) is 17.8 Å². The second kappa shape index (κ2) is 5.53. The van der Waals surface area contributed by atoms with Gasteiger partial charge in [0, 0.05) is 37.3 Å². The summed E-state index contributed by atoms with van der Waals surface area (Å²) in [5.74, 6) is 0.0156. The van der Waals surface area contributed by atoms with Crippen LogP contribution in [0.4, 0.5) is 5.69 Å². The molecule has 3 nitrogen and oxygen atoms in total. The summed E-state index contributed by atoms with van der Waals surface area (Å²) >= 11 is 1.72. The van der Waals surface area contributed by atoms with Crippen LogP contribution in [0, 0.1) is 0 Å². The van der Waals surface area contributed by atoms with E-state index < -0.39 is 0 Å². The van der Waals surface area contributed by atoms with Gasteiger partial charge in [0.05, 0.1) is 0 Å². The van der Waals surface area contributed by atoms with E-state index in [4.69, 9.17) is 0 Å². The van der Waals surface area contributed by atoms with E-state index >= 15 is 0 Å². The van der Waals surface area contributed by atoms with Gasteiger partial charge >= 0.3 is 0 Å². The standard InChI is InChI=1S/C17H20N2OS/c1-19(2)15-5-3-13(4-6-15)16(20)18-12-17(8-9-17)14-7-10-21-11-14/h3-7,10-11H,8-9,12H2,1-2H3,(H,18,20). The van der Waals surface area contributed by atoms with Crippen LogP contribution in [0.5, 0.6) is 0 Å². The van der Waals surface area contributed by atoms with Crippen LogP contribution >= 0.6 is 11.3 Å². The van der Waals surface area contributed by atoms with Crippen molar-refractivity contribution in [2.45, 2.75) is 18.3 Å². The molecule has 1 aliphatic carbocycles. The Morgan fingerprint density at radius 1 is 1.24 bits per heavy atom. The van der Waals surface area contributed by atoms with Crippen molar-refractivity contribution in [3.63, 3.8) is 0 Å². The Kier molecular flexibility index (Phi) is 3.72. The molecule has 1 N–H and O–H groups in total. The molecule has 0 spiro atoms. The average Bonchev–Trinajstić information content (AvgIpc) is 3.08. The number of hydrogen-bond acceptors (Lipinski definition) is 3. The van der Waals surface area contributed by atoms with Crippen LogP contribution in [-0.4, -0.2) is 26.5 Å². The smallest absolute Gasteiger partial charge is 0.251 e. The average molecular weight is 300 g/mol. The van der Waals surface area contributed by atoms with Gasteiger partial charge in [-0.15, -0.1) is 0 Å². The Bertz CT molecular complexity index is 613. The van der Waals surface area contributed by atoms with Crippen LogP contribution in [0.3, 0.4) is 0 Å². The lowest BCUT2D eigenvalue weighted by Crippen LogP contribution is -2.32. The maximum atomic E-state index is 12.2. The lowest BCUT2D eigenvalue weighted by atomic mass is 9.99. The summed E-state index contributed by atoms with van der Waals surface area (Å²) in [5.41, 5.74) is 3.39. The van der Waals surface area contributed by atoms with E-state index in [1.807, 2.05) is 43.3 Å². The maximum Gasteiger partial charge on any atom is 0.251 e. The van der Waals surface area contributed by atoms with Crippen molar-refractivity contribution < 1.29 is 4.79 Å². The molecule has 1 saturated carbocycles.